The van der Waals surface area contributed by atoms with Gasteiger partial charge >= 0.3 is 6.18 Å². The third-order valence-electron chi connectivity index (χ3n) is 7.32. The van der Waals surface area contributed by atoms with Gasteiger partial charge in [-0.1, -0.05) is 13.8 Å². The molecule has 2 aromatic rings. The fourth-order valence-electron chi connectivity index (χ4n) is 5.04. The Labute approximate surface area is 235 Å². The third-order valence-corrected chi connectivity index (χ3v) is 7.32. The zero-order valence-corrected chi connectivity index (χ0v) is 24.1. The van der Waals surface area contributed by atoms with Crippen LogP contribution in [0.15, 0.2) is 36.5 Å². The molecule has 0 saturated carbocycles. The van der Waals surface area contributed by atoms with Crippen LogP contribution in [0.5, 0.6) is 0 Å². The largest absolute Gasteiger partial charge is 0.416 e. The van der Waals surface area contributed by atoms with Crippen LogP contribution in [0.3, 0.4) is 0 Å². The Morgan fingerprint density at radius 2 is 1.70 bits per heavy atom. The summed E-state index contributed by atoms with van der Waals surface area (Å²) in [6.45, 7) is 11.5. The van der Waals surface area contributed by atoms with Gasteiger partial charge in [0.05, 0.1) is 24.6 Å². The number of carbonyl (C=O) groups excluding carboxylic acids is 1. The molecule has 222 valence electrons. The van der Waals surface area contributed by atoms with Crippen LogP contribution in [-0.2, 0) is 15.8 Å². The Hall–Kier alpha value is -3.05. The molecule has 2 aliphatic heterocycles. The number of benzene rings is 1. The average molecular weight is 565 g/mol. The molecule has 3 heterocycles. The highest BCUT2D eigenvalue weighted by molar-refractivity contribution is 5.76. The number of piperidine rings is 1. The zero-order valence-electron chi connectivity index (χ0n) is 24.1. The maximum atomic E-state index is 12.8. The Morgan fingerprint density at radius 1 is 1.05 bits per heavy atom. The molecule has 0 unspecified atom stereocenters. The summed E-state index contributed by atoms with van der Waals surface area (Å²) in [5, 5.41) is 3.48. The van der Waals surface area contributed by atoms with Crippen molar-refractivity contribution in [2.24, 2.45) is 0 Å². The van der Waals surface area contributed by atoms with Gasteiger partial charge in [-0.3, -0.25) is 20.0 Å². The molecule has 8 nitrogen and oxygen atoms in total. The average Bonchev–Trinajstić information content (AvgIpc) is 2.96. The van der Waals surface area contributed by atoms with E-state index in [9.17, 15) is 18.0 Å². The highest BCUT2D eigenvalue weighted by Gasteiger charge is 2.30. The number of hydrogen-bond donors (Lipinski definition) is 2. The SMILES string of the molecule is CC.CONc1cnc(NC2CCN(C(=O)CCCN3CCN(c4ccc(C(F)(F)F)cc4)CC3)CC2)cc1C. The normalized spacial score (nSPS) is 16.8. The minimum Gasteiger partial charge on any atom is -0.369 e. The molecule has 40 heavy (non-hydrogen) atoms. The molecule has 0 radical (unpaired) electrons. The molecular formula is C29H43F3N6O2. The van der Waals surface area contributed by atoms with Crippen molar-refractivity contribution >= 4 is 23.1 Å². The fraction of sp³-hybridized carbons (Fsp3) is 0.586. The van der Waals surface area contributed by atoms with E-state index < -0.39 is 11.7 Å². The predicted molar refractivity (Wildman–Crippen MR) is 154 cm³/mol. The number of alkyl halides is 3. The Kier molecular flexibility index (Phi) is 11.9. The third kappa shape index (κ3) is 8.99. The van der Waals surface area contributed by atoms with Gasteiger partial charge in [-0.05, 0) is 68.6 Å². The van der Waals surface area contributed by atoms with E-state index >= 15 is 0 Å². The first-order valence-corrected chi connectivity index (χ1v) is 14.2. The van der Waals surface area contributed by atoms with Crippen LogP contribution in [0.4, 0.5) is 30.4 Å². The zero-order chi connectivity index (χ0) is 29.1. The molecular weight excluding hydrogens is 521 g/mol. The van der Waals surface area contributed by atoms with Gasteiger partial charge in [-0.15, -0.1) is 0 Å². The number of nitrogens with zero attached hydrogens (tertiary/aromatic N) is 4. The van der Waals surface area contributed by atoms with E-state index in [2.05, 4.69) is 25.6 Å². The second kappa shape index (κ2) is 15.1. The van der Waals surface area contributed by atoms with Gasteiger partial charge in [0.15, 0.2) is 0 Å². The van der Waals surface area contributed by atoms with Crippen molar-refractivity contribution in [2.45, 2.75) is 58.7 Å². The number of anilines is 3. The molecule has 4 rings (SSSR count). The summed E-state index contributed by atoms with van der Waals surface area (Å²) in [4.78, 5) is 28.5. The van der Waals surface area contributed by atoms with E-state index in [1.54, 1.807) is 25.4 Å². The highest BCUT2D eigenvalue weighted by atomic mass is 19.4. The van der Waals surface area contributed by atoms with Crippen LogP contribution in [0.25, 0.3) is 0 Å². The molecule has 0 atom stereocenters. The minimum absolute atomic E-state index is 0.204. The van der Waals surface area contributed by atoms with Gasteiger partial charge in [-0.2, -0.15) is 13.2 Å². The number of pyridine rings is 1. The number of likely N-dealkylation sites (tertiary alicyclic amines) is 1. The number of halogens is 3. The lowest BCUT2D eigenvalue weighted by Crippen LogP contribution is -2.47. The minimum atomic E-state index is -4.31. The summed E-state index contributed by atoms with van der Waals surface area (Å²) in [5.41, 5.74) is 4.87. The maximum absolute atomic E-state index is 12.8. The molecule has 2 aliphatic rings. The molecule has 2 saturated heterocycles. The van der Waals surface area contributed by atoms with Crippen molar-refractivity contribution in [3.8, 4) is 0 Å². The smallest absolute Gasteiger partial charge is 0.369 e. The summed E-state index contributed by atoms with van der Waals surface area (Å²) in [7, 11) is 1.57. The second-order valence-corrected chi connectivity index (χ2v) is 9.97. The molecule has 1 aromatic heterocycles. The van der Waals surface area contributed by atoms with E-state index in [4.69, 9.17) is 4.84 Å². The van der Waals surface area contributed by atoms with E-state index in [0.717, 1.165) is 100.0 Å². The first kappa shape index (κ1) is 31.5. The molecule has 0 bridgehead atoms. The van der Waals surface area contributed by atoms with Crippen LogP contribution >= 0.6 is 0 Å². The van der Waals surface area contributed by atoms with Crippen molar-refractivity contribution in [3.63, 3.8) is 0 Å². The topological polar surface area (TPSA) is 73.0 Å². The summed E-state index contributed by atoms with van der Waals surface area (Å²) >= 11 is 0. The molecule has 2 N–H and O–H groups in total. The van der Waals surface area contributed by atoms with Crippen molar-refractivity contribution in [3.05, 3.63) is 47.7 Å². The van der Waals surface area contributed by atoms with Gasteiger partial charge in [-0.25, -0.2) is 4.98 Å². The number of rotatable bonds is 9. The first-order valence-electron chi connectivity index (χ1n) is 14.2. The van der Waals surface area contributed by atoms with Gasteiger partial charge in [0.2, 0.25) is 5.91 Å². The van der Waals surface area contributed by atoms with Gasteiger partial charge in [0.1, 0.15) is 5.82 Å². The van der Waals surface area contributed by atoms with E-state index in [-0.39, 0.29) is 11.9 Å². The Balaban J connectivity index is 0.00000216. The second-order valence-electron chi connectivity index (χ2n) is 9.97. The molecule has 1 amide bonds. The number of carbonyl (C=O) groups is 1. The van der Waals surface area contributed by atoms with Crippen molar-refractivity contribution in [2.75, 3.05) is 68.6 Å². The fourth-order valence-corrected chi connectivity index (χ4v) is 5.04. The lowest BCUT2D eigenvalue weighted by molar-refractivity contribution is -0.137. The monoisotopic (exact) mass is 564 g/mol. The highest BCUT2D eigenvalue weighted by Crippen LogP contribution is 2.30. The van der Waals surface area contributed by atoms with Gasteiger partial charge in [0.25, 0.3) is 0 Å². The Morgan fingerprint density at radius 3 is 2.27 bits per heavy atom. The van der Waals surface area contributed by atoms with Crippen LogP contribution in [0.1, 0.15) is 50.7 Å². The molecule has 11 heteroatoms. The molecule has 1 aromatic carbocycles. The quantitative estimate of drug-likeness (QED) is 0.395. The number of aryl methyl sites for hydroxylation is 1. The summed E-state index contributed by atoms with van der Waals surface area (Å²) in [5.74, 6) is 1.03. The Bertz CT molecular complexity index is 1050. The standard InChI is InChI=1S/C27H37F3N6O2.C2H6/c1-20-18-25(31-19-24(20)33-38-2)32-22-9-12-36(13-10-22)26(37)4-3-11-34-14-16-35(17-15-34)23-7-5-21(6-8-23)27(28,29)30;1-2/h5-8,18-19,22,33H,3-4,9-17H2,1-2H3,(H,31,32);1-2H3. The predicted octanol–water partition coefficient (Wildman–Crippen LogP) is 5.41. The maximum Gasteiger partial charge on any atom is 0.416 e. The molecule has 0 aliphatic carbocycles. The number of piperazine rings is 1. The number of aromatic nitrogens is 1. The summed E-state index contributed by atoms with van der Waals surface area (Å²) in [6, 6.07) is 7.65. The number of hydrogen-bond acceptors (Lipinski definition) is 7. The number of nitrogens with one attached hydrogen (secondary N) is 2. The van der Waals surface area contributed by atoms with Crippen molar-refractivity contribution in [1.29, 1.82) is 0 Å². The van der Waals surface area contributed by atoms with E-state index in [0.29, 0.717) is 6.42 Å². The van der Waals surface area contributed by atoms with Crippen molar-refractivity contribution in [1.82, 2.24) is 14.8 Å². The van der Waals surface area contributed by atoms with E-state index in [1.807, 2.05) is 31.7 Å². The van der Waals surface area contributed by atoms with Crippen molar-refractivity contribution < 1.29 is 22.8 Å². The summed E-state index contributed by atoms with van der Waals surface area (Å²) < 4.78 is 38.4. The lowest BCUT2D eigenvalue weighted by atomic mass is 10.0. The molecule has 0 spiro atoms. The molecule has 2 fully saturated rings. The van der Waals surface area contributed by atoms with Gasteiger partial charge < -0.3 is 15.1 Å². The van der Waals surface area contributed by atoms with Crippen LogP contribution in [0, 0.1) is 6.92 Å². The van der Waals surface area contributed by atoms with E-state index in [1.165, 1.54) is 0 Å². The van der Waals surface area contributed by atoms with Crippen LogP contribution < -0.4 is 15.7 Å². The summed E-state index contributed by atoms with van der Waals surface area (Å²) in [6.07, 6.45) is 0.545. The van der Waals surface area contributed by atoms with Crippen LogP contribution in [0.2, 0.25) is 0 Å². The first-order chi connectivity index (χ1) is 19.2. The lowest BCUT2D eigenvalue weighted by Gasteiger charge is -2.36. The van der Waals surface area contributed by atoms with Crippen LogP contribution in [-0.4, -0.2) is 79.7 Å². The number of amides is 1. The van der Waals surface area contributed by atoms with Gasteiger partial charge in [0, 0.05) is 57.4 Å².